The second kappa shape index (κ2) is 19.4. The lowest BCUT2D eigenvalue weighted by Crippen LogP contribution is -2.43. The Hall–Kier alpha value is -4.28. The van der Waals surface area contributed by atoms with Crippen molar-refractivity contribution in [2.45, 2.75) is 91.3 Å². The minimum absolute atomic E-state index is 0.0743. The number of nitrogens with zero attached hydrogens (tertiary/aromatic N) is 2. The molecule has 2 saturated heterocycles. The van der Waals surface area contributed by atoms with Gasteiger partial charge in [-0.15, -0.1) is 0 Å². The van der Waals surface area contributed by atoms with Crippen LogP contribution in [0.25, 0.3) is 0 Å². The number of methoxy groups -OCH3 is 2. The zero-order valence-corrected chi connectivity index (χ0v) is 34.7. The highest BCUT2D eigenvalue weighted by Crippen LogP contribution is 2.36. The van der Waals surface area contributed by atoms with E-state index in [-0.39, 0.29) is 23.0 Å². The Morgan fingerprint density at radius 1 is 0.463 bits per heavy atom. The molecule has 2 aliphatic rings. The summed E-state index contributed by atoms with van der Waals surface area (Å²) in [6, 6.07) is 25.7. The number of amides is 2. The molecular formula is C44H64N2O8. The molecule has 0 bridgehead atoms. The maximum atomic E-state index is 11.5. The van der Waals surface area contributed by atoms with Crippen LogP contribution in [0.4, 0.5) is 9.59 Å². The van der Waals surface area contributed by atoms with Crippen molar-refractivity contribution in [1.29, 1.82) is 0 Å². The van der Waals surface area contributed by atoms with Gasteiger partial charge >= 0.3 is 12.2 Å². The first-order valence-corrected chi connectivity index (χ1v) is 18.8. The third-order valence-electron chi connectivity index (χ3n) is 9.28. The molecule has 3 aromatic carbocycles. The summed E-state index contributed by atoms with van der Waals surface area (Å²) in [7, 11) is 3.40. The Kier molecular flexibility index (Phi) is 15.8. The maximum Gasteiger partial charge on any atom is 0.410 e. The summed E-state index contributed by atoms with van der Waals surface area (Å²) >= 11 is 0. The van der Waals surface area contributed by atoms with E-state index < -0.39 is 11.2 Å². The van der Waals surface area contributed by atoms with Crippen LogP contribution >= 0.6 is 0 Å². The smallest absolute Gasteiger partial charge is 0.410 e. The van der Waals surface area contributed by atoms with Gasteiger partial charge in [-0.3, -0.25) is 0 Å². The van der Waals surface area contributed by atoms with E-state index in [1.807, 2.05) is 65.8 Å². The molecule has 10 nitrogen and oxygen atoms in total. The third-order valence-corrected chi connectivity index (χ3v) is 9.28. The molecule has 10 heteroatoms. The van der Waals surface area contributed by atoms with Gasteiger partial charge in [0.05, 0.1) is 40.6 Å². The molecular weight excluding hydrogens is 684 g/mol. The monoisotopic (exact) mass is 748 g/mol. The summed E-state index contributed by atoms with van der Waals surface area (Å²) in [5.74, 6) is 1.77. The topological polar surface area (TPSA) is 96.0 Å². The first-order valence-electron chi connectivity index (χ1n) is 18.8. The molecule has 0 N–H and O–H groups in total. The number of carbonyl (C=O) groups is 2. The predicted octanol–water partition coefficient (Wildman–Crippen LogP) is 8.86. The van der Waals surface area contributed by atoms with Gasteiger partial charge in [-0.1, -0.05) is 76.2 Å². The number of benzene rings is 3. The quantitative estimate of drug-likeness (QED) is 0.247. The summed E-state index contributed by atoms with van der Waals surface area (Å²) in [5, 5.41) is 0. The fourth-order valence-electron chi connectivity index (χ4n) is 5.80. The Morgan fingerprint density at radius 3 is 0.926 bits per heavy atom. The first-order chi connectivity index (χ1) is 25.3. The SMILES string of the molecule is CC(C)(C)OC(=O)N1CCOCC1.CC(C)(C)OC(=O)N1CCOCC1.COc1ccc(C(C)(C)c2ccc(C(C)(C)c3ccc(OC)cc3)cc2)cc1. The molecule has 0 aromatic heterocycles. The van der Waals surface area contributed by atoms with Crippen LogP contribution in [0.3, 0.4) is 0 Å². The van der Waals surface area contributed by atoms with Crippen LogP contribution in [0, 0.1) is 0 Å². The first kappa shape index (κ1) is 44.1. The van der Waals surface area contributed by atoms with Crippen LogP contribution < -0.4 is 9.47 Å². The van der Waals surface area contributed by atoms with Gasteiger partial charge in [0.15, 0.2) is 0 Å². The van der Waals surface area contributed by atoms with Gasteiger partial charge in [0.2, 0.25) is 0 Å². The van der Waals surface area contributed by atoms with Crippen LogP contribution in [0.2, 0.25) is 0 Å². The molecule has 54 heavy (non-hydrogen) atoms. The molecule has 298 valence electrons. The van der Waals surface area contributed by atoms with E-state index in [9.17, 15) is 9.59 Å². The average Bonchev–Trinajstić information content (AvgIpc) is 3.15. The molecule has 2 aliphatic heterocycles. The number of carbonyl (C=O) groups excluding carboxylic acids is 2. The minimum Gasteiger partial charge on any atom is -0.497 e. The Balaban J connectivity index is 0.000000250. The van der Waals surface area contributed by atoms with Gasteiger partial charge in [0.25, 0.3) is 0 Å². The number of hydrogen-bond donors (Lipinski definition) is 0. The van der Waals surface area contributed by atoms with E-state index in [4.69, 9.17) is 28.4 Å². The lowest BCUT2D eigenvalue weighted by Gasteiger charge is -2.29. The van der Waals surface area contributed by atoms with Gasteiger partial charge in [-0.05, 0) is 88.1 Å². The van der Waals surface area contributed by atoms with Gasteiger partial charge in [0, 0.05) is 37.0 Å². The number of hydrogen-bond acceptors (Lipinski definition) is 8. The van der Waals surface area contributed by atoms with Crippen LogP contribution in [-0.2, 0) is 29.8 Å². The zero-order valence-electron chi connectivity index (χ0n) is 34.7. The molecule has 0 radical (unpaired) electrons. The molecule has 0 atom stereocenters. The molecule has 3 aromatic rings. The van der Waals surface area contributed by atoms with E-state index in [0.29, 0.717) is 52.6 Å². The van der Waals surface area contributed by atoms with E-state index in [0.717, 1.165) is 11.5 Å². The van der Waals surface area contributed by atoms with Crippen LogP contribution in [-0.4, -0.2) is 100 Å². The van der Waals surface area contributed by atoms with Crippen molar-refractivity contribution in [2.75, 3.05) is 66.8 Å². The summed E-state index contributed by atoms with van der Waals surface area (Å²) in [6.07, 6.45) is -0.480. The van der Waals surface area contributed by atoms with Crippen molar-refractivity contribution in [3.05, 3.63) is 95.1 Å². The number of ether oxygens (including phenoxy) is 6. The van der Waals surface area contributed by atoms with Crippen molar-refractivity contribution < 1.29 is 38.0 Å². The van der Waals surface area contributed by atoms with Crippen LogP contribution in [0.5, 0.6) is 11.5 Å². The minimum atomic E-state index is -0.407. The molecule has 0 saturated carbocycles. The van der Waals surface area contributed by atoms with Crippen LogP contribution in [0.1, 0.15) is 91.5 Å². The van der Waals surface area contributed by atoms with E-state index in [2.05, 4.69) is 76.2 Å². The fourth-order valence-corrected chi connectivity index (χ4v) is 5.80. The van der Waals surface area contributed by atoms with E-state index in [1.165, 1.54) is 22.3 Å². The molecule has 2 fully saturated rings. The van der Waals surface area contributed by atoms with E-state index in [1.54, 1.807) is 24.0 Å². The van der Waals surface area contributed by atoms with Crippen molar-refractivity contribution in [2.24, 2.45) is 0 Å². The summed E-state index contributed by atoms with van der Waals surface area (Å²) in [6.45, 7) is 25.2. The largest absolute Gasteiger partial charge is 0.497 e. The Labute approximate surface area is 324 Å². The molecule has 2 amide bonds. The summed E-state index contributed by atoms with van der Waals surface area (Å²) in [4.78, 5) is 26.3. The normalized spacial score (nSPS) is 15.1. The molecule has 0 unspecified atom stereocenters. The Morgan fingerprint density at radius 2 is 0.704 bits per heavy atom. The number of rotatable bonds is 6. The second-order valence-electron chi connectivity index (χ2n) is 16.4. The highest BCUT2D eigenvalue weighted by atomic mass is 16.6. The summed E-state index contributed by atoms with van der Waals surface area (Å²) < 4.78 is 31.3. The molecule has 0 spiro atoms. The second-order valence-corrected chi connectivity index (χ2v) is 16.4. The third kappa shape index (κ3) is 13.5. The molecule has 5 rings (SSSR count). The lowest BCUT2D eigenvalue weighted by atomic mass is 9.74. The van der Waals surface area contributed by atoms with Gasteiger partial charge < -0.3 is 38.2 Å². The van der Waals surface area contributed by atoms with E-state index >= 15 is 0 Å². The van der Waals surface area contributed by atoms with Crippen molar-refractivity contribution in [1.82, 2.24) is 9.80 Å². The fraction of sp³-hybridized carbons (Fsp3) is 0.545. The zero-order chi connectivity index (χ0) is 40.2. The average molecular weight is 749 g/mol. The van der Waals surface area contributed by atoms with Crippen molar-refractivity contribution >= 4 is 12.2 Å². The van der Waals surface area contributed by atoms with Gasteiger partial charge in [0.1, 0.15) is 22.7 Å². The van der Waals surface area contributed by atoms with Crippen molar-refractivity contribution in [3.63, 3.8) is 0 Å². The standard InChI is InChI=1S/C26H30O2.2C9H17NO3/c1-25(2,21-11-15-23(27-5)16-12-21)19-7-9-20(10-8-19)26(3,4)22-13-17-24(28-6)18-14-22;2*1-9(2,3)13-8(11)10-4-6-12-7-5-10/h7-18H,1-6H3;2*4-7H2,1-3H3. The number of morpholine rings is 2. The lowest BCUT2D eigenvalue weighted by molar-refractivity contribution is -0.00724. The van der Waals surface area contributed by atoms with Gasteiger partial charge in [-0.25, -0.2) is 9.59 Å². The predicted molar refractivity (Wildman–Crippen MR) is 214 cm³/mol. The molecule has 2 heterocycles. The Bertz CT molecular complexity index is 1460. The highest BCUT2D eigenvalue weighted by Gasteiger charge is 2.27. The summed E-state index contributed by atoms with van der Waals surface area (Å²) in [5.41, 5.74) is 4.18. The van der Waals surface area contributed by atoms with Crippen molar-refractivity contribution in [3.8, 4) is 11.5 Å². The highest BCUT2D eigenvalue weighted by molar-refractivity contribution is 5.68. The maximum absolute atomic E-state index is 11.5. The van der Waals surface area contributed by atoms with Crippen LogP contribution in [0.15, 0.2) is 72.8 Å². The molecule has 0 aliphatic carbocycles. The van der Waals surface area contributed by atoms with Gasteiger partial charge in [-0.2, -0.15) is 0 Å².